The average Bonchev–Trinajstić information content (AvgIpc) is 1.59. The van der Waals surface area contributed by atoms with Gasteiger partial charge >= 0.3 is 30.5 Å². The fraction of sp³-hybridized carbons (Fsp3) is 0. The van der Waals surface area contributed by atoms with Gasteiger partial charge in [0.25, 0.3) is 0 Å². The second-order valence-corrected chi connectivity index (χ2v) is 4.16. The van der Waals surface area contributed by atoms with E-state index < -0.39 is 30.5 Å². The second-order valence-electron chi connectivity index (χ2n) is 0.898. The van der Waals surface area contributed by atoms with Crippen LogP contribution in [0.4, 0.5) is 0 Å². The summed E-state index contributed by atoms with van der Waals surface area (Å²) in [4.78, 5) is 0. The van der Waals surface area contributed by atoms with Crippen molar-refractivity contribution >= 4 is 10.4 Å². The zero-order valence-electron chi connectivity index (χ0n) is 5.99. The summed E-state index contributed by atoms with van der Waals surface area (Å²) in [5.74, 6) is 0. The Hall–Kier alpha value is 0.320. The maximum atomic E-state index is 9.08. The van der Waals surface area contributed by atoms with Crippen molar-refractivity contribution < 1.29 is 56.4 Å². The van der Waals surface area contributed by atoms with Crippen LogP contribution < -0.4 is 42.7 Å². The minimum absolute atomic E-state index is 0. The van der Waals surface area contributed by atoms with Gasteiger partial charge in [-0.15, -0.1) is 0 Å². The highest BCUT2D eigenvalue weighted by molar-refractivity contribution is 7.80. The SMILES string of the molecule is N.N.O=S(=O)(O)OO.[O-][I+3]([O-])([O-])O. The van der Waals surface area contributed by atoms with Gasteiger partial charge in [0.05, 0.1) is 0 Å². The third-order valence-electron chi connectivity index (χ3n) is 0.0942. The highest BCUT2D eigenvalue weighted by Gasteiger charge is 2.11. The molecule has 9 N–H and O–H groups in total. The first-order valence-electron chi connectivity index (χ1n) is 1.50. The third-order valence-corrected chi connectivity index (χ3v) is 0.283. The molecule has 0 aliphatic carbocycles. The summed E-state index contributed by atoms with van der Waals surface area (Å²) in [6.07, 6.45) is 0. The highest BCUT2D eigenvalue weighted by Crippen LogP contribution is 1.74. The van der Waals surface area contributed by atoms with Crippen LogP contribution >= 0.6 is 0 Å². The lowest BCUT2D eigenvalue weighted by atomic mass is 14.0. The molecule has 0 saturated carbocycles. The third kappa shape index (κ3) is 119. The maximum Gasteiger partial charge on any atom is 0.423 e. The molecule has 0 spiro atoms. The molecule has 0 aliphatic rings. The summed E-state index contributed by atoms with van der Waals surface area (Å²) in [6.45, 7) is 0. The van der Waals surface area contributed by atoms with Crippen LogP contribution in [-0.2, 0) is 14.7 Å². The topological polar surface area (TPSA) is 243 Å². The van der Waals surface area contributed by atoms with E-state index >= 15 is 0 Å². The molecule has 0 amide bonds. The van der Waals surface area contributed by atoms with Crippen LogP contribution in [0.2, 0.25) is 0 Å². The smallest absolute Gasteiger partial charge is 0.344 e. The van der Waals surface area contributed by atoms with Crippen LogP contribution in [0.3, 0.4) is 0 Å². The van der Waals surface area contributed by atoms with Gasteiger partial charge in [0.2, 0.25) is 0 Å². The Morgan fingerprint density at radius 2 is 1.23 bits per heavy atom. The first-order valence-corrected chi connectivity index (χ1v) is 6.47. The zero-order valence-corrected chi connectivity index (χ0v) is 8.97. The van der Waals surface area contributed by atoms with Crippen LogP contribution in [0, 0.1) is 0 Å². The largest absolute Gasteiger partial charge is 0.423 e. The molecule has 0 bridgehead atoms. The summed E-state index contributed by atoms with van der Waals surface area (Å²) < 4.78 is 61.2. The molecule has 0 aromatic carbocycles. The average molecular weight is 340 g/mol. The Balaban J connectivity index is -0.0000000546. The van der Waals surface area contributed by atoms with Crippen molar-refractivity contribution in [3.8, 4) is 0 Å². The standard InChI is InChI=1S/HIO4.2H3N.H2O5S/c2-1(3,4)5;;;1-5-6(2,3)4/h2H;2*1H3;1H,(H,2,3,4). The molecular weight excluding hydrogens is 331 g/mol. The van der Waals surface area contributed by atoms with Gasteiger partial charge in [-0.05, 0) is 0 Å². The molecule has 0 aromatic rings. The minimum Gasteiger partial charge on any atom is -0.344 e. The molecule has 0 unspecified atom stereocenters. The molecule has 0 fully saturated rings. The highest BCUT2D eigenvalue weighted by atomic mass is 127. The van der Waals surface area contributed by atoms with Gasteiger partial charge in [-0.3, -0.25) is 14.9 Å². The second kappa shape index (κ2) is 8.90. The quantitative estimate of drug-likeness (QED) is 0.130. The van der Waals surface area contributed by atoms with E-state index in [2.05, 4.69) is 4.33 Å². The summed E-state index contributed by atoms with van der Waals surface area (Å²) in [6, 6.07) is 0. The molecule has 0 heterocycles. The Morgan fingerprint density at radius 1 is 1.15 bits per heavy atom. The van der Waals surface area contributed by atoms with Crippen LogP contribution in [0.5, 0.6) is 0 Å². The lowest BCUT2D eigenvalue weighted by Crippen LogP contribution is -4.23. The predicted molar refractivity (Wildman–Crippen MR) is 27.5 cm³/mol. The van der Waals surface area contributed by atoms with E-state index in [9.17, 15) is 0 Å². The summed E-state index contributed by atoms with van der Waals surface area (Å²) in [5.41, 5.74) is 0. The summed E-state index contributed by atoms with van der Waals surface area (Å²) in [7, 11) is -4.61. The lowest BCUT2D eigenvalue weighted by Gasteiger charge is -1.93. The van der Waals surface area contributed by atoms with Crippen molar-refractivity contribution in [1.29, 1.82) is 0 Å². The van der Waals surface area contributed by atoms with E-state index in [0.717, 1.165) is 0 Å². The summed E-state index contributed by atoms with van der Waals surface area (Å²) in [5, 5.41) is 7.06. The maximum absolute atomic E-state index is 9.08. The first kappa shape index (κ1) is 23.3. The number of halogens is 1. The molecule has 13 heteroatoms. The van der Waals surface area contributed by atoms with Crippen molar-refractivity contribution in [2.24, 2.45) is 0 Å². The van der Waals surface area contributed by atoms with Gasteiger partial charge in [-0.25, -0.2) is 5.26 Å². The van der Waals surface area contributed by atoms with Crippen molar-refractivity contribution in [3.63, 3.8) is 0 Å². The Kier molecular flexibility index (Phi) is 15.9. The van der Waals surface area contributed by atoms with E-state index in [-0.39, 0.29) is 12.3 Å². The fourth-order valence-corrected chi connectivity index (χ4v) is 0. The monoisotopic (exact) mass is 340 g/mol. The van der Waals surface area contributed by atoms with Crippen LogP contribution in [-0.4, -0.2) is 21.7 Å². The molecule has 0 atom stereocenters. The van der Waals surface area contributed by atoms with E-state index in [0.29, 0.717) is 0 Å². The molecule has 86 valence electrons. The van der Waals surface area contributed by atoms with Crippen LogP contribution in [0.25, 0.3) is 0 Å². The molecule has 0 aromatic heterocycles. The zero-order chi connectivity index (χ0) is 9.71. The normalized spacial score (nSPS) is 10.0. The van der Waals surface area contributed by atoms with E-state index in [4.69, 9.17) is 32.0 Å². The molecule has 0 radical (unpaired) electrons. The van der Waals surface area contributed by atoms with Gasteiger partial charge in [-0.2, -0.15) is 8.42 Å². The summed E-state index contributed by atoms with van der Waals surface area (Å²) >= 11 is -5.69. The van der Waals surface area contributed by atoms with Crippen molar-refractivity contribution in [2.75, 3.05) is 0 Å². The fourth-order valence-electron chi connectivity index (χ4n) is 0. The molecule has 0 aliphatic heterocycles. The lowest BCUT2D eigenvalue weighted by molar-refractivity contribution is -1.92. The van der Waals surface area contributed by atoms with E-state index in [1.807, 2.05) is 0 Å². The van der Waals surface area contributed by atoms with Crippen LogP contribution in [0.15, 0.2) is 0 Å². The van der Waals surface area contributed by atoms with Gasteiger partial charge < -0.3 is 12.3 Å². The Labute approximate surface area is 79.3 Å². The van der Waals surface area contributed by atoms with Crippen molar-refractivity contribution in [1.82, 2.24) is 12.3 Å². The van der Waals surface area contributed by atoms with Crippen molar-refractivity contribution in [2.45, 2.75) is 0 Å². The molecular formula is H9IN2O9S. The van der Waals surface area contributed by atoms with Gasteiger partial charge in [0, 0.05) is 3.44 Å². The first-order chi connectivity index (χ1) is 4.56. The molecule has 11 nitrogen and oxygen atoms in total. The van der Waals surface area contributed by atoms with Crippen LogP contribution in [0.1, 0.15) is 0 Å². The molecule has 13 heavy (non-hydrogen) atoms. The molecule has 0 rings (SSSR count). The van der Waals surface area contributed by atoms with E-state index in [1.165, 1.54) is 0 Å². The Morgan fingerprint density at radius 3 is 1.23 bits per heavy atom. The number of rotatable bonds is 1. The minimum atomic E-state index is -5.69. The number of hydrogen-bond donors (Lipinski definition) is 5. The van der Waals surface area contributed by atoms with Gasteiger partial charge in [0.1, 0.15) is 0 Å². The Bertz CT molecular complexity index is 172. The number of hydrogen-bond acceptors (Lipinski definition) is 10. The predicted octanol–water partition coefficient (Wildman–Crippen LogP) is -7.52. The van der Waals surface area contributed by atoms with Gasteiger partial charge in [0.15, 0.2) is 0 Å². The van der Waals surface area contributed by atoms with Gasteiger partial charge in [-0.1, -0.05) is 4.33 Å². The van der Waals surface area contributed by atoms with Crippen molar-refractivity contribution in [3.05, 3.63) is 0 Å². The van der Waals surface area contributed by atoms with E-state index in [1.54, 1.807) is 0 Å². The molecule has 0 saturated heterocycles.